The van der Waals surface area contributed by atoms with Crippen LogP contribution in [0.1, 0.15) is 40.7 Å². The summed E-state index contributed by atoms with van der Waals surface area (Å²) in [7, 11) is 1.92. The monoisotopic (exact) mass is 413 g/mol. The van der Waals surface area contributed by atoms with Gasteiger partial charge in [-0.2, -0.15) is 0 Å². The molecular formula is C22H24BrNO2. The van der Waals surface area contributed by atoms with Gasteiger partial charge in [0.05, 0.1) is 6.61 Å². The van der Waals surface area contributed by atoms with E-state index in [2.05, 4.69) is 34.1 Å². The average Bonchev–Trinajstić information content (AvgIpc) is 3.49. The zero-order valence-electron chi connectivity index (χ0n) is 15.1. The van der Waals surface area contributed by atoms with Gasteiger partial charge in [-0.15, -0.1) is 0 Å². The number of rotatable bonds is 5. The fourth-order valence-electron chi connectivity index (χ4n) is 3.60. The molecule has 0 aromatic heterocycles. The SMILES string of the molecule is CN(C(=O)c1ccc(OCC2CC2)cc1)[C@H]1CCc2cc(Br)ccc2C1. The second-order valence-corrected chi connectivity index (χ2v) is 8.42. The average molecular weight is 414 g/mol. The molecule has 0 spiro atoms. The zero-order chi connectivity index (χ0) is 18.1. The van der Waals surface area contributed by atoms with E-state index in [1.807, 2.05) is 36.2 Å². The Labute approximate surface area is 163 Å². The normalized spacial score (nSPS) is 18.9. The number of ether oxygens (including phenoxy) is 1. The van der Waals surface area contributed by atoms with Gasteiger partial charge in [0.1, 0.15) is 5.75 Å². The minimum absolute atomic E-state index is 0.0873. The smallest absolute Gasteiger partial charge is 0.253 e. The Bertz CT molecular complexity index is 798. The van der Waals surface area contributed by atoms with E-state index in [9.17, 15) is 4.79 Å². The van der Waals surface area contributed by atoms with Crippen molar-refractivity contribution in [2.24, 2.45) is 5.92 Å². The standard InChI is InChI=1S/C22H24BrNO2/c1-24(20-9-5-17-12-19(23)8-4-18(17)13-20)22(25)16-6-10-21(11-7-16)26-14-15-2-3-15/h4,6-8,10-12,15,20H,2-3,5,9,13-14H2,1H3/t20-/m0/s1. The largest absolute Gasteiger partial charge is 0.493 e. The van der Waals surface area contributed by atoms with Gasteiger partial charge in [0.25, 0.3) is 5.91 Å². The number of carbonyl (C=O) groups excluding carboxylic acids is 1. The third kappa shape index (κ3) is 3.96. The molecule has 2 aliphatic carbocycles. The molecule has 2 aromatic rings. The number of hydrogen-bond donors (Lipinski definition) is 0. The van der Waals surface area contributed by atoms with Crippen LogP contribution in [0.4, 0.5) is 0 Å². The highest BCUT2D eigenvalue weighted by Gasteiger charge is 2.26. The van der Waals surface area contributed by atoms with Crippen molar-refractivity contribution >= 4 is 21.8 Å². The van der Waals surface area contributed by atoms with Crippen LogP contribution in [0.3, 0.4) is 0 Å². The van der Waals surface area contributed by atoms with E-state index < -0.39 is 0 Å². The Kier molecular flexibility index (Phi) is 5.03. The molecule has 0 aliphatic heterocycles. The van der Waals surface area contributed by atoms with Crippen molar-refractivity contribution in [3.05, 3.63) is 63.6 Å². The van der Waals surface area contributed by atoms with Crippen molar-refractivity contribution in [2.45, 2.75) is 38.1 Å². The lowest BCUT2D eigenvalue weighted by atomic mass is 9.87. The van der Waals surface area contributed by atoms with E-state index in [0.29, 0.717) is 0 Å². The predicted molar refractivity (Wildman–Crippen MR) is 107 cm³/mol. The van der Waals surface area contributed by atoms with Gasteiger partial charge in [-0.05, 0) is 85.5 Å². The van der Waals surface area contributed by atoms with E-state index >= 15 is 0 Å². The number of halogens is 1. The van der Waals surface area contributed by atoms with Crippen LogP contribution < -0.4 is 4.74 Å². The first-order valence-electron chi connectivity index (χ1n) is 9.37. The van der Waals surface area contributed by atoms with E-state index in [-0.39, 0.29) is 11.9 Å². The number of nitrogens with zero attached hydrogens (tertiary/aromatic N) is 1. The van der Waals surface area contributed by atoms with Gasteiger partial charge in [0, 0.05) is 23.1 Å². The molecule has 4 rings (SSSR count). The summed E-state index contributed by atoms with van der Waals surface area (Å²) in [5, 5.41) is 0. The van der Waals surface area contributed by atoms with Crippen molar-refractivity contribution in [2.75, 3.05) is 13.7 Å². The number of fused-ring (bicyclic) bond motifs is 1. The van der Waals surface area contributed by atoms with Crippen molar-refractivity contribution in [1.29, 1.82) is 0 Å². The first-order chi connectivity index (χ1) is 12.6. The fraction of sp³-hybridized carbons (Fsp3) is 0.409. The maximum Gasteiger partial charge on any atom is 0.253 e. The Morgan fingerprint density at radius 3 is 2.62 bits per heavy atom. The molecule has 0 unspecified atom stereocenters. The number of benzene rings is 2. The van der Waals surface area contributed by atoms with E-state index in [1.165, 1.54) is 24.0 Å². The molecule has 26 heavy (non-hydrogen) atoms. The highest BCUT2D eigenvalue weighted by molar-refractivity contribution is 9.10. The summed E-state index contributed by atoms with van der Waals surface area (Å²) >= 11 is 3.54. The molecule has 4 heteroatoms. The van der Waals surface area contributed by atoms with Crippen molar-refractivity contribution in [1.82, 2.24) is 4.90 Å². The highest BCUT2D eigenvalue weighted by atomic mass is 79.9. The third-order valence-electron chi connectivity index (χ3n) is 5.52. The zero-order valence-corrected chi connectivity index (χ0v) is 16.7. The minimum atomic E-state index is 0.0873. The summed E-state index contributed by atoms with van der Waals surface area (Å²) in [5.41, 5.74) is 3.48. The van der Waals surface area contributed by atoms with Crippen molar-refractivity contribution in [3.63, 3.8) is 0 Å². The van der Waals surface area contributed by atoms with Crippen LogP contribution in [0.15, 0.2) is 46.9 Å². The van der Waals surface area contributed by atoms with Crippen LogP contribution in [-0.4, -0.2) is 30.5 Å². The van der Waals surface area contributed by atoms with E-state index in [4.69, 9.17) is 4.74 Å². The maximum absolute atomic E-state index is 12.9. The summed E-state index contributed by atoms with van der Waals surface area (Å²) < 4.78 is 6.89. The predicted octanol–water partition coefficient (Wildman–Crippen LogP) is 4.87. The summed E-state index contributed by atoms with van der Waals surface area (Å²) in [6, 6.07) is 14.3. The highest BCUT2D eigenvalue weighted by Crippen LogP contribution is 2.30. The van der Waals surface area contributed by atoms with Gasteiger partial charge in [-0.1, -0.05) is 22.0 Å². The molecular weight excluding hydrogens is 390 g/mol. The third-order valence-corrected chi connectivity index (χ3v) is 6.02. The van der Waals surface area contributed by atoms with Gasteiger partial charge >= 0.3 is 0 Å². The van der Waals surface area contributed by atoms with Crippen LogP contribution in [0.2, 0.25) is 0 Å². The number of hydrogen-bond acceptors (Lipinski definition) is 2. The summed E-state index contributed by atoms with van der Waals surface area (Å²) in [6.45, 7) is 0.796. The molecule has 0 heterocycles. The minimum Gasteiger partial charge on any atom is -0.493 e. The molecule has 0 bridgehead atoms. The Morgan fingerprint density at radius 2 is 1.88 bits per heavy atom. The number of aryl methyl sites for hydroxylation is 1. The molecule has 0 saturated heterocycles. The molecule has 1 fully saturated rings. The van der Waals surface area contributed by atoms with E-state index in [1.54, 1.807) is 0 Å². The van der Waals surface area contributed by atoms with Crippen molar-refractivity contribution < 1.29 is 9.53 Å². The molecule has 2 aromatic carbocycles. The number of carbonyl (C=O) groups is 1. The molecule has 3 nitrogen and oxygen atoms in total. The second-order valence-electron chi connectivity index (χ2n) is 7.50. The van der Waals surface area contributed by atoms with Gasteiger partial charge in [-0.25, -0.2) is 0 Å². The number of likely N-dealkylation sites (N-methyl/N-ethyl adjacent to an activating group) is 1. The van der Waals surface area contributed by atoms with Crippen LogP contribution in [0.5, 0.6) is 5.75 Å². The Hall–Kier alpha value is -1.81. The number of amides is 1. The lowest BCUT2D eigenvalue weighted by molar-refractivity contribution is 0.0719. The molecule has 1 amide bonds. The Morgan fingerprint density at radius 1 is 1.12 bits per heavy atom. The van der Waals surface area contributed by atoms with Gasteiger partial charge < -0.3 is 9.64 Å². The first kappa shape index (κ1) is 17.6. The molecule has 0 radical (unpaired) electrons. The summed E-state index contributed by atoms with van der Waals surface area (Å²) in [6.07, 6.45) is 5.51. The molecule has 1 atom stereocenters. The second kappa shape index (κ2) is 7.43. The molecule has 0 N–H and O–H groups in total. The topological polar surface area (TPSA) is 29.5 Å². The summed E-state index contributed by atoms with van der Waals surface area (Å²) in [4.78, 5) is 14.8. The van der Waals surface area contributed by atoms with Gasteiger partial charge in [0.15, 0.2) is 0 Å². The fourth-order valence-corrected chi connectivity index (χ4v) is 4.01. The maximum atomic E-state index is 12.9. The lowest BCUT2D eigenvalue weighted by Crippen LogP contribution is -2.40. The van der Waals surface area contributed by atoms with Crippen LogP contribution in [-0.2, 0) is 12.8 Å². The van der Waals surface area contributed by atoms with Gasteiger partial charge in [-0.3, -0.25) is 4.79 Å². The molecule has 2 aliphatic rings. The Balaban J connectivity index is 1.40. The van der Waals surface area contributed by atoms with Crippen molar-refractivity contribution in [3.8, 4) is 5.75 Å². The first-order valence-corrected chi connectivity index (χ1v) is 10.2. The van der Waals surface area contributed by atoms with Crippen LogP contribution in [0.25, 0.3) is 0 Å². The van der Waals surface area contributed by atoms with Gasteiger partial charge in [0.2, 0.25) is 0 Å². The molecule has 1 saturated carbocycles. The van der Waals surface area contributed by atoms with Crippen LogP contribution >= 0.6 is 15.9 Å². The molecule has 136 valence electrons. The lowest BCUT2D eigenvalue weighted by Gasteiger charge is -2.32. The summed E-state index contributed by atoms with van der Waals surface area (Å²) in [5.74, 6) is 1.68. The van der Waals surface area contributed by atoms with Crippen LogP contribution in [0, 0.1) is 5.92 Å². The van der Waals surface area contributed by atoms with E-state index in [0.717, 1.165) is 47.6 Å². The quantitative estimate of drug-likeness (QED) is 0.699.